The van der Waals surface area contributed by atoms with E-state index in [-0.39, 0.29) is 17.7 Å². The van der Waals surface area contributed by atoms with Gasteiger partial charge in [-0.05, 0) is 40.2 Å². The Labute approximate surface area is 117 Å². The number of hydrogen-bond donors (Lipinski definition) is 1. The van der Waals surface area contributed by atoms with Gasteiger partial charge >= 0.3 is 5.97 Å². The van der Waals surface area contributed by atoms with Crippen molar-refractivity contribution in [3.8, 4) is 5.75 Å². The van der Waals surface area contributed by atoms with E-state index in [4.69, 9.17) is 9.84 Å². The summed E-state index contributed by atoms with van der Waals surface area (Å²) < 4.78 is 19.3. The van der Waals surface area contributed by atoms with E-state index in [1.165, 1.54) is 12.3 Å². The van der Waals surface area contributed by atoms with Gasteiger partial charge in [-0.3, -0.25) is 4.98 Å². The van der Waals surface area contributed by atoms with Crippen LogP contribution < -0.4 is 4.74 Å². The molecule has 0 unspecified atom stereocenters. The Morgan fingerprint density at radius 2 is 2.16 bits per heavy atom. The molecule has 2 rings (SSSR count). The van der Waals surface area contributed by atoms with Crippen molar-refractivity contribution in [3.63, 3.8) is 0 Å². The Kier molecular flexibility index (Phi) is 4.11. The largest absolute Gasteiger partial charge is 0.487 e. The Hall–Kier alpha value is -1.95. The molecule has 2 aromatic rings. The third-order valence-electron chi connectivity index (χ3n) is 2.37. The molecule has 0 radical (unpaired) electrons. The standard InChI is InChI=1S/C13H9BrFNO3/c14-9-4-11(6-16-5-9)19-7-8-3-10(15)1-2-12(8)13(17)18/h1-6H,7H2,(H,17,18). The molecule has 1 aromatic carbocycles. The zero-order valence-electron chi connectivity index (χ0n) is 9.64. The van der Waals surface area contributed by atoms with Gasteiger partial charge in [-0.25, -0.2) is 9.18 Å². The highest BCUT2D eigenvalue weighted by Crippen LogP contribution is 2.19. The number of pyridine rings is 1. The number of carbonyl (C=O) groups is 1. The zero-order valence-corrected chi connectivity index (χ0v) is 11.2. The molecule has 1 heterocycles. The minimum absolute atomic E-state index is 0.0179. The maximum Gasteiger partial charge on any atom is 0.336 e. The van der Waals surface area contributed by atoms with Gasteiger partial charge in [-0.15, -0.1) is 0 Å². The summed E-state index contributed by atoms with van der Waals surface area (Å²) in [5.74, 6) is -1.16. The summed E-state index contributed by atoms with van der Waals surface area (Å²) in [5.41, 5.74) is 0.289. The lowest BCUT2D eigenvalue weighted by atomic mass is 10.1. The van der Waals surface area contributed by atoms with Crippen molar-refractivity contribution in [3.05, 3.63) is 58.1 Å². The summed E-state index contributed by atoms with van der Waals surface area (Å²) in [7, 11) is 0. The van der Waals surface area contributed by atoms with Crippen LogP contribution in [0.5, 0.6) is 5.75 Å². The van der Waals surface area contributed by atoms with Crippen molar-refractivity contribution >= 4 is 21.9 Å². The number of ether oxygens (including phenoxy) is 1. The van der Waals surface area contributed by atoms with Crippen molar-refractivity contribution in [2.45, 2.75) is 6.61 Å². The van der Waals surface area contributed by atoms with E-state index in [0.29, 0.717) is 5.75 Å². The van der Waals surface area contributed by atoms with Gasteiger partial charge in [0.25, 0.3) is 0 Å². The Bertz CT molecular complexity index is 619. The van der Waals surface area contributed by atoms with E-state index in [9.17, 15) is 9.18 Å². The zero-order chi connectivity index (χ0) is 13.8. The van der Waals surface area contributed by atoms with Crippen LogP contribution in [0.3, 0.4) is 0 Å². The molecule has 0 saturated heterocycles. The van der Waals surface area contributed by atoms with E-state index in [1.54, 1.807) is 12.3 Å². The summed E-state index contributed by atoms with van der Waals surface area (Å²) >= 11 is 3.24. The van der Waals surface area contributed by atoms with E-state index >= 15 is 0 Å². The van der Waals surface area contributed by atoms with Crippen LogP contribution in [0.1, 0.15) is 15.9 Å². The average molecular weight is 326 g/mol. The predicted octanol–water partition coefficient (Wildman–Crippen LogP) is 3.26. The maximum atomic E-state index is 13.1. The molecular formula is C13H9BrFNO3. The predicted molar refractivity (Wildman–Crippen MR) is 69.6 cm³/mol. The number of halogens is 2. The van der Waals surface area contributed by atoms with Gasteiger partial charge in [-0.1, -0.05) is 0 Å². The van der Waals surface area contributed by atoms with Crippen molar-refractivity contribution in [1.29, 1.82) is 0 Å². The van der Waals surface area contributed by atoms with Crippen LogP contribution in [-0.2, 0) is 6.61 Å². The fourth-order valence-electron chi connectivity index (χ4n) is 1.52. The van der Waals surface area contributed by atoms with E-state index in [1.807, 2.05) is 0 Å². The molecule has 98 valence electrons. The first-order valence-corrected chi connectivity index (χ1v) is 6.10. The van der Waals surface area contributed by atoms with E-state index in [0.717, 1.165) is 16.6 Å². The lowest BCUT2D eigenvalue weighted by molar-refractivity contribution is 0.0694. The fraction of sp³-hybridized carbons (Fsp3) is 0.0769. The van der Waals surface area contributed by atoms with E-state index < -0.39 is 11.8 Å². The van der Waals surface area contributed by atoms with Crippen LogP contribution in [0.25, 0.3) is 0 Å². The molecular weight excluding hydrogens is 317 g/mol. The molecule has 1 N–H and O–H groups in total. The molecule has 0 aliphatic rings. The van der Waals surface area contributed by atoms with Crippen molar-refractivity contribution in [2.24, 2.45) is 0 Å². The normalized spacial score (nSPS) is 10.2. The SMILES string of the molecule is O=C(O)c1ccc(F)cc1COc1cncc(Br)c1. The number of rotatable bonds is 4. The fourth-order valence-corrected chi connectivity index (χ4v) is 1.87. The van der Waals surface area contributed by atoms with Crippen LogP contribution in [0.4, 0.5) is 4.39 Å². The number of nitrogens with zero attached hydrogens (tertiary/aromatic N) is 1. The van der Waals surface area contributed by atoms with Crippen LogP contribution in [0.2, 0.25) is 0 Å². The third kappa shape index (κ3) is 3.51. The second-order valence-electron chi connectivity index (χ2n) is 3.73. The minimum Gasteiger partial charge on any atom is -0.487 e. The lowest BCUT2D eigenvalue weighted by Gasteiger charge is -2.09. The van der Waals surface area contributed by atoms with Crippen LogP contribution in [0, 0.1) is 5.82 Å². The molecule has 0 atom stereocenters. The molecule has 0 spiro atoms. The van der Waals surface area contributed by atoms with Gasteiger partial charge < -0.3 is 9.84 Å². The van der Waals surface area contributed by atoms with Gasteiger partial charge in [0, 0.05) is 16.2 Å². The number of aromatic carboxylic acids is 1. The average Bonchev–Trinajstić information content (AvgIpc) is 2.36. The summed E-state index contributed by atoms with van der Waals surface area (Å²) in [6, 6.07) is 5.16. The van der Waals surface area contributed by atoms with Gasteiger partial charge in [0.15, 0.2) is 0 Å². The highest BCUT2D eigenvalue weighted by atomic mass is 79.9. The maximum absolute atomic E-state index is 13.1. The second kappa shape index (κ2) is 5.79. The van der Waals surface area contributed by atoms with Crippen LogP contribution in [-0.4, -0.2) is 16.1 Å². The molecule has 4 nitrogen and oxygen atoms in total. The highest BCUT2D eigenvalue weighted by Gasteiger charge is 2.11. The number of hydrogen-bond acceptors (Lipinski definition) is 3. The topological polar surface area (TPSA) is 59.4 Å². The molecule has 0 saturated carbocycles. The molecule has 0 amide bonds. The molecule has 0 fully saturated rings. The van der Waals surface area contributed by atoms with Crippen molar-refractivity contribution in [2.75, 3.05) is 0 Å². The van der Waals surface area contributed by atoms with Crippen molar-refractivity contribution in [1.82, 2.24) is 4.98 Å². The Morgan fingerprint density at radius 3 is 2.84 bits per heavy atom. The first-order valence-electron chi connectivity index (χ1n) is 5.31. The lowest BCUT2D eigenvalue weighted by Crippen LogP contribution is -2.06. The van der Waals surface area contributed by atoms with Crippen molar-refractivity contribution < 1.29 is 19.0 Å². The summed E-state index contributed by atoms with van der Waals surface area (Å²) in [4.78, 5) is 14.9. The first-order chi connectivity index (χ1) is 9.06. The number of carboxylic acids is 1. The van der Waals surface area contributed by atoms with Crippen LogP contribution >= 0.6 is 15.9 Å². The summed E-state index contributed by atoms with van der Waals surface area (Å²) in [6.07, 6.45) is 3.09. The van der Waals surface area contributed by atoms with Gasteiger partial charge in [0.05, 0.1) is 11.8 Å². The molecule has 0 aliphatic heterocycles. The van der Waals surface area contributed by atoms with Gasteiger partial charge in [-0.2, -0.15) is 0 Å². The third-order valence-corrected chi connectivity index (χ3v) is 2.81. The highest BCUT2D eigenvalue weighted by molar-refractivity contribution is 9.10. The summed E-state index contributed by atoms with van der Waals surface area (Å²) in [6.45, 7) is -0.0441. The van der Waals surface area contributed by atoms with Gasteiger partial charge in [0.2, 0.25) is 0 Å². The second-order valence-corrected chi connectivity index (χ2v) is 4.65. The number of benzene rings is 1. The quantitative estimate of drug-likeness (QED) is 0.937. The van der Waals surface area contributed by atoms with Gasteiger partial charge in [0.1, 0.15) is 18.2 Å². The smallest absolute Gasteiger partial charge is 0.336 e. The number of carboxylic acid groups (broad SMARTS) is 1. The van der Waals surface area contributed by atoms with E-state index in [2.05, 4.69) is 20.9 Å². The Morgan fingerprint density at radius 1 is 1.37 bits per heavy atom. The summed E-state index contributed by atoms with van der Waals surface area (Å²) in [5, 5.41) is 9.00. The Balaban J connectivity index is 2.19. The molecule has 0 bridgehead atoms. The monoisotopic (exact) mass is 325 g/mol. The molecule has 6 heteroatoms. The minimum atomic E-state index is -1.12. The molecule has 0 aliphatic carbocycles. The molecule has 19 heavy (non-hydrogen) atoms. The molecule has 1 aromatic heterocycles. The van der Waals surface area contributed by atoms with Crippen LogP contribution in [0.15, 0.2) is 41.1 Å². The first kappa shape index (κ1) is 13.5. The number of aromatic nitrogens is 1.